The van der Waals surface area contributed by atoms with Gasteiger partial charge in [-0.15, -0.1) is 0 Å². The molecule has 30 heavy (non-hydrogen) atoms. The van der Waals surface area contributed by atoms with E-state index in [4.69, 9.17) is 0 Å². The van der Waals surface area contributed by atoms with Crippen LogP contribution < -0.4 is 10.2 Å². The van der Waals surface area contributed by atoms with Crippen LogP contribution in [0.1, 0.15) is 32.8 Å². The van der Waals surface area contributed by atoms with Crippen molar-refractivity contribution in [1.82, 2.24) is 4.90 Å². The average Bonchev–Trinajstić information content (AvgIpc) is 2.93. The molecule has 1 aliphatic rings. The van der Waals surface area contributed by atoms with Crippen LogP contribution in [0.25, 0.3) is 0 Å². The molecule has 0 unspecified atom stereocenters. The van der Waals surface area contributed by atoms with Gasteiger partial charge >= 0.3 is 6.03 Å². The summed E-state index contributed by atoms with van der Waals surface area (Å²) in [5.74, 6) is -1.17. The van der Waals surface area contributed by atoms with Gasteiger partial charge in [-0.1, -0.05) is 32.9 Å². The van der Waals surface area contributed by atoms with Crippen LogP contribution >= 0.6 is 0 Å². The molecular formula is C23H26FN3O3. The van der Waals surface area contributed by atoms with Gasteiger partial charge in [0, 0.05) is 12.2 Å². The summed E-state index contributed by atoms with van der Waals surface area (Å²) in [6.45, 7) is 6.26. The third kappa shape index (κ3) is 4.67. The van der Waals surface area contributed by atoms with Crippen molar-refractivity contribution < 1.29 is 18.8 Å². The number of nitrogens with zero attached hydrogens (tertiary/aromatic N) is 2. The van der Waals surface area contributed by atoms with Crippen molar-refractivity contribution in [2.75, 3.05) is 16.8 Å². The molecule has 1 fully saturated rings. The van der Waals surface area contributed by atoms with Gasteiger partial charge in [-0.25, -0.2) is 14.1 Å². The lowest BCUT2D eigenvalue weighted by Crippen LogP contribution is -2.40. The second kappa shape index (κ2) is 9.07. The Morgan fingerprint density at radius 1 is 1.07 bits per heavy atom. The number of hydrogen-bond donors (Lipinski definition) is 1. The summed E-state index contributed by atoms with van der Waals surface area (Å²) in [6, 6.07) is 11.3. The highest BCUT2D eigenvalue weighted by Crippen LogP contribution is 2.28. The number of rotatable bonds is 7. The molecule has 0 bridgehead atoms. The zero-order valence-corrected chi connectivity index (χ0v) is 17.4. The number of urea groups is 1. The quantitative estimate of drug-likeness (QED) is 0.694. The largest absolute Gasteiger partial charge is 0.332 e. The van der Waals surface area contributed by atoms with Crippen LogP contribution in [0.15, 0.2) is 48.5 Å². The Kier molecular flexibility index (Phi) is 6.50. The lowest BCUT2D eigenvalue weighted by molar-refractivity contribution is -0.124. The van der Waals surface area contributed by atoms with Gasteiger partial charge in [0.1, 0.15) is 11.9 Å². The predicted octanol–water partition coefficient (Wildman–Crippen LogP) is 4.21. The summed E-state index contributed by atoms with van der Waals surface area (Å²) >= 11 is 0. The highest BCUT2D eigenvalue weighted by molar-refractivity contribution is 6.22. The number of anilines is 2. The number of hydrogen-bond acceptors (Lipinski definition) is 3. The maximum atomic E-state index is 13.3. The fourth-order valence-electron chi connectivity index (χ4n) is 3.47. The van der Waals surface area contributed by atoms with E-state index in [9.17, 15) is 18.8 Å². The molecule has 4 amide bonds. The van der Waals surface area contributed by atoms with Crippen molar-refractivity contribution in [1.29, 1.82) is 0 Å². The standard InChI is InChI=1S/C23H26FN3O3/c1-4-16-5-9-18(10-6-16)25-21(28)13-20-22(29)27(19-11-7-17(24)8-12-19)23(30)26(20)14-15(2)3/h5-12,15,20H,4,13-14H2,1-3H3,(H,25,28)/t20-/m1/s1. The third-order valence-electron chi connectivity index (χ3n) is 4.99. The van der Waals surface area contributed by atoms with Crippen LogP contribution in [0, 0.1) is 11.7 Å². The molecule has 2 aromatic carbocycles. The Labute approximate surface area is 175 Å². The smallest absolute Gasteiger partial charge is 0.326 e. The summed E-state index contributed by atoms with van der Waals surface area (Å²) in [7, 11) is 0. The Bertz CT molecular complexity index is 926. The molecule has 1 heterocycles. The van der Waals surface area contributed by atoms with Crippen LogP contribution in [0.4, 0.5) is 20.6 Å². The zero-order chi connectivity index (χ0) is 21.8. The topological polar surface area (TPSA) is 69.7 Å². The van der Waals surface area contributed by atoms with Crippen molar-refractivity contribution in [3.63, 3.8) is 0 Å². The van der Waals surface area contributed by atoms with Crippen molar-refractivity contribution >= 4 is 29.2 Å². The molecule has 0 aliphatic carbocycles. The fourth-order valence-corrected chi connectivity index (χ4v) is 3.47. The highest BCUT2D eigenvalue weighted by Gasteiger charge is 2.46. The van der Waals surface area contributed by atoms with E-state index in [-0.39, 0.29) is 18.2 Å². The lowest BCUT2D eigenvalue weighted by atomic mass is 10.1. The van der Waals surface area contributed by atoms with Gasteiger partial charge in [-0.3, -0.25) is 9.59 Å². The SMILES string of the molecule is CCc1ccc(NC(=O)C[C@@H]2C(=O)N(c3ccc(F)cc3)C(=O)N2CC(C)C)cc1. The summed E-state index contributed by atoms with van der Waals surface area (Å²) in [4.78, 5) is 41.1. The van der Waals surface area contributed by atoms with Crippen LogP contribution in [0.5, 0.6) is 0 Å². The van der Waals surface area contributed by atoms with E-state index in [1.54, 1.807) is 0 Å². The van der Waals surface area contributed by atoms with E-state index in [1.165, 1.54) is 29.2 Å². The molecule has 1 aliphatic heterocycles. The Balaban J connectivity index is 1.79. The molecule has 0 spiro atoms. The summed E-state index contributed by atoms with van der Waals surface area (Å²) in [6.07, 6.45) is 0.751. The minimum absolute atomic E-state index is 0.113. The first-order chi connectivity index (χ1) is 14.3. The van der Waals surface area contributed by atoms with Gasteiger partial charge in [0.15, 0.2) is 0 Å². The molecule has 158 valence electrons. The monoisotopic (exact) mass is 411 g/mol. The second-order valence-electron chi connectivity index (χ2n) is 7.80. The minimum Gasteiger partial charge on any atom is -0.326 e. The van der Waals surface area contributed by atoms with Gasteiger partial charge in [-0.05, 0) is 54.3 Å². The lowest BCUT2D eigenvalue weighted by Gasteiger charge is -2.23. The van der Waals surface area contributed by atoms with E-state index in [0.29, 0.717) is 17.9 Å². The average molecular weight is 411 g/mol. The van der Waals surface area contributed by atoms with Crippen LogP contribution in [-0.4, -0.2) is 35.3 Å². The van der Waals surface area contributed by atoms with E-state index in [1.807, 2.05) is 45.0 Å². The van der Waals surface area contributed by atoms with Crippen molar-refractivity contribution in [3.8, 4) is 0 Å². The number of amides is 4. The number of imide groups is 1. The van der Waals surface area contributed by atoms with Gasteiger partial charge in [0.2, 0.25) is 5.91 Å². The molecule has 7 heteroatoms. The van der Waals surface area contributed by atoms with Gasteiger partial charge < -0.3 is 10.2 Å². The minimum atomic E-state index is -0.903. The number of carbonyl (C=O) groups is 3. The predicted molar refractivity (Wildman–Crippen MR) is 114 cm³/mol. The summed E-state index contributed by atoms with van der Waals surface area (Å²) in [5.41, 5.74) is 2.08. The van der Waals surface area contributed by atoms with Crippen LogP contribution in [-0.2, 0) is 16.0 Å². The number of benzene rings is 2. The van der Waals surface area contributed by atoms with E-state index < -0.39 is 23.8 Å². The maximum Gasteiger partial charge on any atom is 0.332 e. The van der Waals surface area contributed by atoms with Crippen LogP contribution in [0.2, 0.25) is 0 Å². The number of aryl methyl sites for hydroxylation is 1. The van der Waals surface area contributed by atoms with E-state index in [2.05, 4.69) is 5.32 Å². The van der Waals surface area contributed by atoms with E-state index in [0.717, 1.165) is 16.9 Å². The first-order valence-corrected chi connectivity index (χ1v) is 10.1. The van der Waals surface area contributed by atoms with E-state index >= 15 is 0 Å². The van der Waals surface area contributed by atoms with Crippen LogP contribution in [0.3, 0.4) is 0 Å². The molecular weight excluding hydrogens is 385 g/mol. The zero-order valence-electron chi connectivity index (χ0n) is 17.4. The highest BCUT2D eigenvalue weighted by atomic mass is 19.1. The molecule has 0 aromatic heterocycles. The molecule has 0 saturated carbocycles. The normalized spacial score (nSPS) is 16.5. The second-order valence-corrected chi connectivity index (χ2v) is 7.80. The molecule has 6 nitrogen and oxygen atoms in total. The molecule has 0 radical (unpaired) electrons. The molecule has 3 rings (SSSR count). The Morgan fingerprint density at radius 2 is 1.70 bits per heavy atom. The first kappa shape index (κ1) is 21.5. The molecule has 1 atom stereocenters. The maximum absolute atomic E-state index is 13.3. The number of halogens is 1. The van der Waals surface area contributed by atoms with Crippen molar-refractivity contribution in [3.05, 3.63) is 59.9 Å². The molecule has 2 aromatic rings. The van der Waals surface area contributed by atoms with Crippen molar-refractivity contribution in [2.45, 2.75) is 39.7 Å². The van der Waals surface area contributed by atoms with Gasteiger partial charge in [-0.2, -0.15) is 0 Å². The third-order valence-corrected chi connectivity index (χ3v) is 4.99. The summed E-state index contributed by atoms with van der Waals surface area (Å²) in [5, 5.41) is 2.79. The van der Waals surface area contributed by atoms with Gasteiger partial charge in [0.05, 0.1) is 12.1 Å². The first-order valence-electron chi connectivity index (χ1n) is 10.1. The molecule has 1 N–H and O–H groups in total. The molecule has 1 saturated heterocycles. The Morgan fingerprint density at radius 3 is 2.27 bits per heavy atom. The Hall–Kier alpha value is -3.22. The fraction of sp³-hybridized carbons (Fsp3) is 0.348. The van der Waals surface area contributed by atoms with Gasteiger partial charge in [0.25, 0.3) is 5.91 Å². The summed E-state index contributed by atoms with van der Waals surface area (Å²) < 4.78 is 13.3. The number of nitrogens with one attached hydrogen (secondary N) is 1. The van der Waals surface area contributed by atoms with Crippen molar-refractivity contribution in [2.24, 2.45) is 5.92 Å². The number of carbonyl (C=O) groups excluding carboxylic acids is 3.